The third-order valence-electron chi connectivity index (χ3n) is 5.50. The van der Waals surface area contributed by atoms with Crippen LogP contribution in [0.4, 0.5) is 0 Å². The summed E-state index contributed by atoms with van der Waals surface area (Å²) >= 11 is 0. The normalized spacial score (nSPS) is 34.8. The number of hydrogen-bond donors (Lipinski definition) is 0. The van der Waals surface area contributed by atoms with Crippen LogP contribution in [-0.4, -0.2) is 0 Å². The predicted octanol–water partition coefficient (Wildman–Crippen LogP) is 4.89. The minimum atomic E-state index is 0.794. The van der Waals surface area contributed by atoms with E-state index in [4.69, 9.17) is 0 Å². The van der Waals surface area contributed by atoms with Gasteiger partial charge in [-0.15, -0.1) is 0 Å². The molecule has 15 heavy (non-hydrogen) atoms. The van der Waals surface area contributed by atoms with Crippen LogP contribution in [-0.2, 0) is 0 Å². The summed E-state index contributed by atoms with van der Waals surface area (Å²) in [6, 6.07) is 0. The molecule has 2 aliphatic rings. The average Bonchev–Trinajstić information content (AvgIpc) is 2.98. The first-order chi connectivity index (χ1) is 7.06. The fourth-order valence-electron chi connectivity index (χ4n) is 3.96. The van der Waals surface area contributed by atoms with Crippen molar-refractivity contribution in [1.82, 2.24) is 0 Å². The third kappa shape index (κ3) is 2.10. The lowest BCUT2D eigenvalue weighted by atomic mass is 9.68. The third-order valence-corrected chi connectivity index (χ3v) is 5.50. The molecule has 0 aliphatic heterocycles. The summed E-state index contributed by atoms with van der Waals surface area (Å²) in [7, 11) is 0. The lowest BCUT2D eigenvalue weighted by Crippen LogP contribution is -2.28. The zero-order valence-electron chi connectivity index (χ0n) is 11.1. The Balaban J connectivity index is 1.89. The fraction of sp³-hybridized carbons (Fsp3) is 1.00. The van der Waals surface area contributed by atoms with Crippen LogP contribution in [0.1, 0.15) is 66.2 Å². The topological polar surface area (TPSA) is 0 Å². The molecule has 2 rings (SSSR count). The monoisotopic (exact) mass is 208 g/mol. The van der Waals surface area contributed by atoms with Gasteiger partial charge in [-0.05, 0) is 67.6 Å². The van der Waals surface area contributed by atoms with E-state index in [1.165, 1.54) is 38.5 Å². The van der Waals surface area contributed by atoms with Crippen LogP contribution in [0.2, 0.25) is 0 Å². The molecule has 0 saturated heterocycles. The Labute approximate surface area is 95.8 Å². The van der Waals surface area contributed by atoms with Gasteiger partial charge in [0.05, 0.1) is 0 Å². The van der Waals surface area contributed by atoms with Crippen molar-refractivity contribution in [3.8, 4) is 0 Å². The van der Waals surface area contributed by atoms with Gasteiger partial charge in [0.1, 0.15) is 0 Å². The first kappa shape index (κ1) is 11.5. The Kier molecular flexibility index (Phi) is 3.14. The van der Waals surface area contributed by atoms with Crippen molar-refractivity contribution in [2.45, 2.75) is 66.2 Å². The molecule has 0 heteroatoms. The Morgan fingerprint density at radius 3 is 1.73 bits per heavy atom. The lowest BCUT2D eigenvalue weighted by Gasteiger charge is -2.37. The molecule has 2 saturated carbocycles. The largest absolute Gasteiger partial charge is 0.0625 e. The van der Waals surface area contributed by atoms with Gasteiger partial charge < -0.3 is 0 Å². The molecule has 0 atom stereocenters. The van der Waals surface area contributed by atoms with Gasteiger partial charge in [0.2, 0.25) is 0 Å². The van der Waals surface area contributed by atoms with Gasteiger partial charge in [0.25, 0.3) is 0 Å². The van der Waals surface area contributed by atoms with Crippen LogP contribution in [0.15, 0.2) is 0 Å². The highest BCUT2D eigenvalue weighted by atomic mass is 14.6. The molecule has 0 spiro atoms. The van der Waals surface area contributed by atoms with E-state index < -0.39 is 0 Å². The van der Waals surface area contributed by atoms with Crippen molar-refractivity contribution >= 4 is 0 Å². The van der Waals surface area contributed by atoms with Gasteiger partial charge in [0, 0.05) is 0 Å². The molecule has 0 N–H and O–H groups in total. The van der Waals surface area contributed by atoms with Gasteiger partial charge in [-0.2, -0.15) is 0 Å². The maximum atomic E-state index is 2.45. The highest BCUT2D eigenvalue weighted by molar-refractivity contribution is 5.01. The summed E-state index contributed by atoms with van der Waals surface area (Å²) in [5, 5.41) is 0. The maximum Gasteiger partial charge on any atom is -0.0246 e. The molecule has 0 nitrogen and oxygen atoms in total. The second-order valence-electron chi connectivity index (χ2n) is 6.74. The zero-order chi connectivity index (χ0) is 11.1. The van der Waals surface area contributed by atoms with Crippen LogP contribution in [0.25, 0.3) is 0 Å². The molecule has 0 heterocycles. The Hall–Kier alpha value is 0. The number of rotatable bonds is 3. The van der Waals surface area contributed by atoms with E-state index >= 15 is 0 Å². The summed E-state index contributed by atoms with van der Waals surface area (Å²) in [4.78, 5) is 0. The first-order valence-corrected chi connectivity index (χ1v) is 7.06. The fourth-order valence-corrected chi connectivity index (χ4v) is 3.96. The molecular weight excluding hydrogens is 180 g/mol. The molecular formula is C15H28. The molecule has 0 aromatic rings. The summed E-state index contributed by atoms with van der Waals surface area (Å²) in [5.74, 6) is 3.95. The second-order valence-corrected chi connectivity index (χ2v) is 6.74. The lowest BCUT2D eigenvalue weighted by molar-refractivity contribution is 0.129. The molecule has 88 valence electrons. The molecule has 0 radical (unpaired) electrons. The Bertz CT molecular complexity index is 202. The van der Waals surface area contributed by atoms with E-state index in [9.17, 15) is 0 Å². The van der Waals surface area contributed by atoms with E-state index in [1.807, 2.05) is 0 Å². The van der Waals surface area contributed by atoms with Gasteiger partial charge in [-0.3, -0.25) is 0 Å². The van der Waals surface area contributed by atoms with Crippen LogP contribution < -0.4 is 0 Å². The van der Waals surface area contributed by atoms with E-state index in [2.05, 4.69) is 27.7 Å². The molecule has 0 aromatic heterocycles. The summed E-state index contributed by atoms with van der Waals surface area (Å²) < 4.78 is 0. The molecule has 2 aliphatic carbocycles. The summed E-state index contributed by atoms with van der Waals surface area (Å²) in [5.41, 5.74) is 0.794. The summed E-state index contributed by atoms with van der Waals surface area (Å²) in [6.45, 7) is 9.70. The standard InChI is InChI=1S/C15H28/c1-11(2)13-5-7-14(8-6-13)15(9-10-15)12(3)4/h11-14H,5-10H2,1-4H3. The summed E-state index contributed by atoms with van der Waals surface area (Å²) in [6.07, 6.45) is 9.14. The molecule has 2 fully saturated rings. The van der Waals surface area contributed by atoms with Gasteiger partial charge in [-0.1, -0.05) is 27.7 Å². The highest BCUT2D eigenvalue weighted by Crippen LogP contribution is 2.61. The van der Waals surface area contributed by atoms with Crippen molar-refractivity contribution < 1.29 is 0 Å². The Morgan fingerprint density at radius 2 is 1.40 bits per heavy atom. The van der Waals surface area contributed by atoms with Crippen molar-refractivity contribution in [3.05, 3.63) is 0 Å². The van der Waals surface area contributed by atoms with Gasteiger partial charge >= 0.3 is 0 Å². The van der Waals surface area contributed by atoms with Crippen molar-refractivity contribution in [2.24, 2.45) is 29.1 Å². The Morgan fingerprint density at radius 1 is 0.867 bits per heavy atom. The van der Waals surface area contributed by atoms with Crippen molar-refractivity contribution in [2.75, 3.05) is 0 Å². The minimum absolute atomic E-state index is 0.794. The van der Waals surface area contributed by atoms with Gasteiger partial charge in [-0.25, -0.2) is 0 Å². The number of hydrogen-bond acceptors (Lipinski definition) is 0. The molecule has 0 unspecified atom stereocenters. The minimum Gasteiger partial charge on any atom is -0.0625 e. The van der Waals surface area contributed by atoms with Crippen molar-refractivity contribution in [3.63, 3.8) is 0 Å². The SMILES string of the molecule is CC(C)C1CCC(C2(C(C)C)CC2)CC1. The smallest absolute Gasteiger partial charge is 0.0246 e. The van der Waals surface area contributed by atoms with Crippen LogP contribution in [0, 0.1) is 29.1 Å². The van der Waals surface area contributed by atoms with E-state index in [0.717, 1.165) is 29.1 Å². The van der Waals surface area contributed by atoms with Gasteiger partial charge in [0.15, 0.2) is 0 Å². The van der Waals surface area contributed by atoms with Crippen LogP contribution in [0.3, 0.4) is 0 Å². The average molecular weight is 208 g/mol. The van der Waals surface area contributed by atoms with Crippen LogP contribution >= 0.6 is 0 Å². The quantitative estimate of drug-likeness (QED) is 0.620. The molecule has 0 aromatic carbocycles. The highest BCUT2D eigenvalue weighted by Gasteiger charge is 2.51. The van der Waals surface area contributed by atoms with Crippen molar-refractivity contribution in [1.29, 1.82) is 0 Å². The van der Waals surface area contributed by atoms with Crippen LogP contribution in [0.5, 0.6) is 0 Å². The molecule has 0 bridgehead atoms. The van der Waals surface area contributed by atoms with E-state index in [0.29, 0.717) is 0 Å². The predicted molar refractivity (Wildman–Crippen MR) is 66.8 cm³/mol. The zero-order valence-corrected chi connectivity index (χ0v) is 11.1. The maximum absolute atomic E-state index is 2.45. The first-order valence-electron chi connectivity index (χ1n) is 7.06. The second kappa shape index (κ2) is 4.11. The molecule has 0 amide bonds. The van der Waals surface area contributed by atoms with E-state index in [1.54, 1.807) is 0 Å². The van der Waals surface area contributed by atoms with E-state index in [-0.39, 0.29) is 0 Å².